The Morgan fingerprint density at radius 2 is 1.80 bits per heavy atom. The van der Waals surface area contributed by atoms with Crippen LogP contribution in [0.5, 0.6) is 0 Å². The molecule has 90 valence electrons. The van der Waals surface area contributed by atoms with Crippen molar-refractivity contribution in [2.24, 2.45) is 5.92 Å². The molecule has 0 saturated carbocycles. The highest BCUT2D eigenvalue weighted by atomic mass is 19.4. The van der Waals surface area contributed by atoms with E-state index in [9.17, 15) is 13.2 Å². The van der Waals surface area contributed by atoms with Gasteiger partial charge in [0.25, 0.3) is 0 Å². The number of hydrogen-bond acceptors (Lipinski definition) is 2. The van der Waals surface area contributed by atoms with Crippen molar-refractivity contribution in [1.82, 2.24) is 4.90 Å². The molecule has 1 saturated heterocycles. The molecule has 1 aliphatic heterocycles. The molecule has 0 radical (unpaired) electrons. The molecule has 1 fully saturated rings. The van der Waals surface area contributed by atoms with Crippen LogP contribution in [0.25, 0.3) is 0 Å². The van der Waals surface area contributed by atoms with Gasteiger partial charge in [0.15, 0.2) is 0 Å². The minimum absolute atomic E-state index is 0.478. The van der Waals surface area contributed by atoms with Crippen LogP contribution in [0.3, 0.4) is 0 Å². The van der Waals surface area contributed by atoms with Crippen LogP contribution in [0.4, 0.5) is 13.2 Å². The van der Waals surface area contributed by atoms with E-state index in [1.54, 1.807) is 0 Å². The summed E-state index contributed by atoms with van der Waals surface area (Å²) in [5.74, 6) is 0.560. The van der Waals surface area contributed by atoms with Gasteiger partial charge in [-0.15, -0.1) is 13.2 Å². The number of piperidine rings is 1. The van der Waals surface area contributed by atoms with Gasteiger partial charge in [0.05, 0.1) is 6.10 Å². The summed E-state index contributed by atoms with van der Waals surface area (Å²) in [6.07, 6.45) is -4.17. The molecule has 0 spiro atoms. The highest BCUT2D eigenvalue weighted by Crippen LogP contribution is 2.24. The van der Waals surface area contributed by atoms with Gasteiger partial charge >= 0.3 is 6.36 Å². The number of nitrogens with zero attached hydrogens (tertiary/aromatic N) is 1. The van der Waals surface area contributed by atoms with E-state index >= 15 is 0 Å². The lowest BCUT2D eigenvalue weighted by Crippen LogP contribution is -2.40. The highest BCUT2D eigenvalue weighted by Gasteiger charge is 2.34. The second-order valence-electron chi connectivity index (χ2n) is 4.46. The summed E-state index contributed by atoms with van der Waals surface area (Å²) in [6, 6.07) is 0. The monoisotopic (exact) mass is 225 g/mol. The van der Waals surface area contributed by atoms with Crippen molar-refractivity contribution in [2.75, 3.05) is 19.6 Å². The lowest BCUT2D eigenvalue weighted by Gasteiger charge is -2.32. The number of likely N-dealkylation sites (tertiary alicyclic amines) is 1. The van der Waals surface area contributed by atoms with Crippen LogP contribution in [0.15, 0.2) is 0 Å². The molecule has 1 aliphatic rings. The first-order valence-corrected chi connectivity index (χ1v) is 5.33. The Labute approximate surface area is 88.4 Å². The fourth-order valence-corrected chi connectivity index (χ4v) is 1.92. The van der Waals surface area contributed by atoms with E-state index < -0.39 is 12.5 Å². The summed E-state index contributed by atoms with van der Waals surface area (Å²) in [5, 5.41) is 0. The van der Waals surface area contributed by atoms with Gasteiger partial charge in [-0.2, -0.15) is 0 Å². The summed E-state index contributed by atoms with van der Waals surface area (Å²) in [5.41, 5.74) is 0. The zero-order valence-electron chi connectivity index (χ0n) is 9.18. The summed E-state index contributed by atoms with van der Waals surface area (Å²) in [6.45, 7) is 6.59. The summed E-state index contributed by atoms with van der Waals surface area (Å²) in [4.78, 5) is 2.20. The van der Waals surface area contributed by atoms with E-state index in [0.29, 0.717) is 31.8 Å². The van der Waals surface area contributed by atoms with Crippen LogP contribution in [0, 0.1) is 5.92 Å². The van der Waals surface area contributed by atoms with Crippen LogP contribution in [0.2, 0.25) is 0 Å². The molecule has 1 rings (SSSR count). The van der Waals surface area contributed by atoms with Gasteiger partial charge < -0.3 is 4.90 Å². The van der Waals surface area contributed by atoms with Crippen molar-refractivity contribution in [2.45, 2.75) is 39.2 Å². The van der Waals surface area contributed by atoms with Crippen molar-refractivity contribution in [3.8, 4) is 0 Å². The number of rotatable bonds is 3. The minimum Gasteiger partial charge on any atom is -0.303 e. The predicted molar refractivity (Wildman–Crippen MR) is 51.4 cm³/mol. The maximum atomic E-state index is 11.9. The zero-order chi connectivity index (χ0) is 11.5. The first-order chi connectivity index (χ1) is 6.87. The highest BCUT2D eigenvalue weighted by molar-refractivity contribution is 4.73. The molecule has 2 nitrogen and oxygen atoms in total. The van der Waals surface area contributed by atoms with Crippen molar-refractivity contribution in [3.63, 3.8) is 0 Å². The molecule has 0 bridgehead atoms. The van der Waals surface area contributed by atoms with Crippen LogP contribution >= 0.6 is 0 Å². The Balaban J connectivity index is 2.24. The maximum absolute atomic E-state index is 11.9. The Kier molecular flexibility index (Phi) is 4.40. The Bertz CT molecular complexity index is 186. The van der Waals surface area contributed by atoms with E-state index in [2.05, 4.69) is 23.5 Å². The molecule has 0 N–H and O–H groups in total. The van der Waals surface area contributed by atoms with Crippen molar-refractivity contribution in [3.05, 3.63) is 0 Å². The quantitative estimate of drug-likeness (QED) is 0.732. The molecular formula is C10H18F3NO. The summed E-state index contributed by atoms with van der Waals surface area (Å²) < 4.78 is 39.7. The molecule has 0 atom stereocenters. The second-order valence-corrected chi connectivity index (χ2v) is 4.46. The van der Waals surface area contributed by atoms with E-state index in [-0.39, 0.29) is 0 Å². The molecule has 15 heavy (non-hydrogen) atoms. The fraction of sp³-hybridized carbons (Fsp3) is 1.00. The lowest BCUT2D eigenvalue weighted by molar-refractivity contribution is -0.345. The average Bonchev–Trinajstić information content (AvgIpc) is 2.05. The minimum atomic E-state index is -4.48. The van der Waals surface area contributed by atoms with Gasteiger partial charge in [0, 0.05) is 19.6 Å². The van der Waals surface area contributed by atoms with E-state index in [0.717, 1.165) is 6.54 Å². The summed E-state index contributed by atoms with van der Waals surface area (Å²) in [7, 11) is 0. The topological polar surface area (TPSA) is 12.5 Å². The number of ether oxygens (including phenoxy) is 1. The van der Waals surface area contributed by atoms with Crippen LogP contribution in [-0.2, 0) is 4.74 Å². The van der Waals surface area contributed by atoms with E-state index in [1.165, 1.54) is 0 Å². The molecule has 0 aromatic heterocycles. The second kappa shape index (κ2) is 5.16. The number of hydrogen-bond donors (Lipinski definition) is 0. The Hall–Kier alpha value is -0.290. The average molecular weight is 225 g/mol. The van der Waals surface area contributed by atoms with Gasteiger partial charge in [0.2, 0.25) is 0 Å². The smallest absolute Gasteiger partial charge is 0.303 e. The van der Waals surface area contributed by atoms with Crippen molar-refractivity contribution < 1.29 is 17.9 Å². The van der Waals surface area contributed by atoms with Gasteiger partial charge in [-0.3, -0.25) is 4.74 Å². The largest absolute Gasteiger partial charge is 0.522 e. The summed E-state index contributed by atoms with van der Waals surface area (Å²) >= 11 is 0. The molecule has 0 amide bonds. The Morgan fingerprint density at radius 3 is 2.20 bits per heavy atom. The zero-order valence-corrected chi connectivity index (χ0v) is 9.18. The van der Waals surface area contributed by atoms with E-state index in [1.807, 2.05) is 0 Å². The molecule has 5 heteroatoms. The normalized spacial score (nSPS) is 21.2. The Morgan fingerprint density at radius 1 is 1.27 bits per heavy atom. The maximum Gasteiger partial charge on any atom is 0.522 e. The number of alkyl halides is 3. The molecule has 0 aromatic rings. The SMILES string of the molecule is CC(C)CN1CCC(OC(F)(F)F)CC1. The van der Waals surface area contributed by atoms with Gasteiger partial charge in [-0.25, -0.2) is 0 Å². The third kappa shape index (κ3) is 5.37. The van der Waals surface area contributed by atoms with Crippen LogP contribution < -0.4 is 0 Å². The van der Waals surface area contributed by atoms with Gasteiger partial charge in [-0.05, 0) is 18.8 Å². The van der Waals surface area contributed by atoms with Gasteiger partial charge in [0.1, 0.15) is 0 Å². The van der Waals surface area contributed by atoms with Crippen molar-refractivity contribution >= 4 is 0 Å². The lowest BCUT2D eigenvalue weighted by atomic mass is 10.1. The van der Waals surface area contributed by atoms with E-state index in [4.69, 9.17) is 0 Å². The van der Waals surface area contributed by atoms with Crippen LogP contribution in [0.1, 0.15) is 26.7 Å². The first kappa shape index (κ1) is 12.8. The third-order valence-corrected chi connectivity index (χ3v) is 2.46. The predicted octanol–water partition coefficient (Wildman–Crippen LogP) is 2.64. The number of halogens is 3. The first-order valence-electron chi connectivity index (χ1n) is 5.33. The molecule has 0 unspecified atom stereocenters. The third-order valence-electron chi connectivity index (χ3n) is 2.46. The van der Waals surface area contributed by atoms with Gasteiger partial charge in [-0.1, -0.05) is 13.8 Å². The fourth-order valence-electron chi connectivity index (χ4n) is 1.92. The molecule has 0 aliphatic carbocycles. The van der Waals surface area contributed by atoms with Crippen LogP contribution in [-0.4, -0.2) is 37.0 Å². The molecular weight excluding hydrogens is 207 g/mol. The standard InChI is InChI=1S/C10H18F3NO/c1-8(2)7-14-5-3-9(4-6-14)15-10(11,12)13/h8-9H,3-7H2,1-2H3. The molecule has 1 heterocycles. The van der Waals surface area contributed by atoms with Crippen molar-refractivity contribution in [1.29, 1.82) is 0 Å². The molecule has 0 aromatic carbocycles.